The van der Waals surface area contributed by atoms with Crippen molar-refractivity contribution in [2.45, 2.75) is 18.5 Å². The molecule has 0 aromatic carbocycles. The molecule has 3 aliphatic rings. The van der Waals surface area contributed by atoms with Crippen LogP contribution in [-0.2, 0) is 4.79 Å². The lowest BCUT2D eigenvalue weighted by atomic mass is 10.0. The van der Waals surface area contributed by atoms with Gasteiger partial charge in [0.2, 0.25) is 5.91 Å². The summed E-state index contributed by atoms with van der Waals surface area (Å²) < 4.78 is 7.18. The molecule has 3 fully saturated rings. The van der Waals surface area contributed by atoms with E-state index in [1.54, 1.807) is 17.8 Å². The summed E-state index contributed by atoms with van der Waals surface area (Å²) >= 11 is 0. The Kier molecular flexibility index (Phi) is 4.30. The lowest BCUT2D eigenvalue weighted by molar-refractivity contribution is -0.138. The number of carbonyl (C=O) groups is 1. The predicted octanol–water partition coefficient (Wildman–Crippen LogP) is 1.29. The minimum absolute atomic E-state index is 0.161. The van der Waals surface area contributed by atoms with Crippen LogP contribution < -0.4 is 15.0 Å². The summed E-state index contributed by atoms with van der Waals surface area (Å²) in [6.45, 7) is 3.25. The van der Waals surface area contributed by atoms with Crippen LogP contribution in [0.3, 0.4) is 0 Å². The second-order valence-electron chi connectivity index (χ2n) is 8.71. The van der Waals surface area contributed by atoms with Gasteiger partial charge in [-0.2, -0.15) is 10.4 Å². The topological polar surface area (TPSA) is 98.8 Å². The first-order chi connectivity index (χ1) is 15.7. The van der Waals surface area contributed by atoms with E-state index in [0.29, 0.717) is 28.8 Å². The number of piperazine rings is 1. The number of pyridine rings is 2. The molecule has 0 saturated carbocycles. The lowest BCUT2D eigenvalue weighted by Crippen LogP contribution is -2.56. The van der Waals surface area contributed by atoms with Crippen molar-refractivity contribution in [3.05, 3.63) is 42.4 Å². The second-order valence-corrected chi connectivity index (χ2v) is 8.71. The minimum atomic E-state index is 0.161. The number of nitrogens with zero attached hydrogens (tertiary/aromatic N) is 6. The average molecular weight is 429 g/mol. The monoisotopic (exact) mass is 429 g/mol. The summed E-state index contributed by atoms with van der Waals surface area (Å²) in [5, 5.41) is 16.8. The molecule has 6 rings (SSSR count). The maximum absolute atomic E-state index is 12.6. The number of hydrogen-bond donors (Lipinski definition) is 1. The molecular formula is C23H23N7O2. The highest BCUT2D eigenvalue weighted by atomic mass is 16.5. The fourth-order valence-electron chi connectivity index (χ4n) is 5.12. The molecule has 3 aromatic heterocycles. The number of ether oxygens (including phenoxy) is 1. The Balaban J connectivity index is 1.22. The highest BCUT2D eigenvalue weighted by molar-refractivity contribution is 5.81. The Labute approximate surface area is 185 Å². The highest BCUT2D eigenvalue weighted by Gasteiger charge is 2.47. The molecular weight excluding hydrogens is 406 g/mol. The summed E-state index contributed by atoms with van der Waals surface area (Å²) in [5.74, 6) is 2.01. The van der Waals surface area contributed by atoms with Crippen LogP contribution in [0.4, 0.5) is 5.82 Å². The van der Waals surface area contributed by atoms with E-state index in [1.807, 2.05) is 30.6 Å². The van der Waals surface area contributed by atoms with E-state index in [2.05, 4.69) is 26.3 Å². The fraction of sp³-hybridized carbons (Fsp3) is 0.391. The zero-order valence-electron chi connectivity index (χ0n) is 17.7. The number of fused-ring (bicyclic) bond motifs is 3. The van der Waals surface area contributed by atoms with Crippen molar-refractivity contribution in [1.29, 1.82) is 5.26 Å². The van der Waals surface area contributed by atoms with Crippen LogP contribution in [0.2, 0.25) is 0 Å². The van der Waals surface area contributed by atoms with E-state index in [9.17, 15) is 10.1 Å². The summed E-state index contributed by atoms with van der Waals surface area (Å²) in [6.07, 6.45) is 6.30. The molecule has 3 aliphatic heterocycles. The van der Waals surface area contributed by atoms with Crippen molar-refractivity contribution in [3.8, 4) is 22.9 Å². The maximum Gasteiger partial charge on any atom is 0.228 e. The maximum atomic E-state index is 12.6. The first kappa shape index (κ1) is 19.1. The fourth-order valence-corrected chi connectivity index (χ4v) is 5.12. The number of methoxy groups -OCH3 is 1. The molecule has 0 unspecified atom stereocenters. The summed E-state index contributed by atoms with van der Waals surface area (Å²) in [4.78, 5) is 21.8. The smallest absolute Gasteiger partial charge is 0.228 e. The molecule has 1 N–H and O–H groups in total. The van der Waals surface area contributed by atoms with E-state index in [-0.39, 0.29) is 12.0 Å². The van der Waals surface area contributed by atoms with Crippen LogP contribution in [0.15, 0.2) is 36.8 Å². The van der Waals surface area contributed by atoms with Crippen molar-refractivity contribution in [2.75, 3.05) is 38.2 Å². The molecule has 3 saturated heterocycles. The number of rotatable bonds is 4. The van der Waals surface area contributed by atoms with Crippen molar-refractivity contribution in [3.63, 3.8) is 0 Å². The Hall–Kier alpha value is -3.64. The first-order valence-corrected chi connectivity index (χ1v) is 10.9. The number of aromatic nitrogens is 3. The van der Waals surface area contributed by atoms with E-state index in [4.69, 9.17) is 9.72 Å². The average Bonchev–Trinajstić information content (AvgIpc) is 3.51. The molecule has 6 heterocycles. The molecule has 162 valence electrons. The van der Waals surface area contributed by atoms with E-state index < -0.39 is 0 Å². The number of nitriles is 1. The Morgan fingerprint density at radius 2 is 2.09 bits per heavy atom. The third-order valence-electron chi connectivity index (χ3n) is 6.95. The Morgan fingerprint density at radius 3 is 2.72 bits per heavy atom. The number of anilines is 1. The number of amides is 1. The lowest BCUT2D eigenvalue weighted by Gasteiger charge is -2.38. The van der Waals surface area contributed by atoms with Gasteiger partial charge in [-0.15, -0.1) is 0 Å². The third-order valence-corrected chi connectivity index (χ3v) is 6.95. The molecule has 0 aliphatic carbocycles. The van der Waals surface area contributed by atoms with Gasteiger partial charge in [0.05, 0.1) is 31.3 Å². The van der Waals surface area contributed by atoms with E-state index in [1.165, 1.54) is 0 Å². The van der Waals surface area contributed by atoms with Crippen LogP contribution in [0, 0.1) is 17.2 Å². The standard InChI is InChI=1S/C23H23N7O2/c1-32-20-4-15(11-30-22(20)16(6-24)10-27-30)14-2-3-21(26-9-14)28-12-19-5-18(28)13-29(19)23(31)17-7-25-8-17/h2-4,9-11,17-19,25H,5,7-8,12-13H2,1H3/t18-,19-/m0/s1. The molecule has 0 radical (unpaired) electrons. The van der Waals surface area contributed by atoms with E-state index in [0.717, 1.165) is 49.5 Å². The SMILES string of the molecule is COc1cc(-c2ccc(N3C[C@@H]4C[C@H]3CN4C(=O)C3CNC3)nc2)cn2ncc(C#N)c12. The van der Waals surface area contributed by atoms with Crippen LogP contribution in [0.1, 0.15) is 12.0 Å². The molecule has 0 spiro atoms. The van der Waals surface area contributed by atoms with Crippen LogP contribution in [0.25, 0.3) is 16.6 Å². The van der Waals surface area contributed by atoms with Crippen LogP contribution >= 0.6 is 0 Å². The number of carbonyl (C=O) groups excluding carboxylic acids is 1. The van der Waals surface area contributed by atoms with Gasteiger partial charge < -0.3 is 19.9 Å². The first-order valence-electron chi connectivity index (χ1n) is 10.9. The molecule has 9 nitrogen and oxygen atoms in total. The van der Waals surface area contributed by atoms with E-state index >= 15 is 0 Å². The van der Waals surface area contributed by atoms with Gasteiger partial charge >= 0.3 is 0 Å². The summed E-state index contributed by atoms with van der Waals surface area (Å²) in [7, 11) is 1.59. The molecule has 3 aromatic rings. The van der Waals surface area contributed by atoms with Gasteiger partial charge in [0.25, 0.3) is 0 Å². The van der Waals surface area contributed by atoms with Gasteiger partial charge in [-0.3, -0.25) is 4.79 Å². The normalized spacial score (nSPS) is 22.2. The molecule has 1 amide bonds. The van der Waals surface area contributed by atoms with Crippen molar-refractivity contribution in [2.24, 2.45) is 5.92 Å². The van der Waals surface area contributed by atoms with Crippen LogP contribution in [0.5, 0.6) is 5.75 Å². The van der Waals surface area contributed by atoms with Crippen molar-refractivity contribution < 1.29 is 9.53 Å². The zero-order chi connectivity index (χ0) is 21.8. The van der Waals surface area contributed by atoms with Gasteiger partial charge in [0, 0.05) is 49.7 Å². The Bertz CT molecular complexity index is 1240. The minimum Gasteiger partial charge on any atom is -0.494 e. The van der Waals surface area contributed by atoms with Gasteiger partial charge in [0.15, 0.2) is 0 Å². The van der Waals surface area contributed by atoms with Gasteiger partial charge in [0.1, 0.15) is 28.7 Å². The molecule has 32 heavy (non-hydrogen) atoms. The largest absolute Gasteiger partial charge is 0.494 e. The Morgan fingerprint density at radius 1 is 1.22 bits per heavy atom. The zero-order valence-corrected chi connectivity index (χ0v) is 17.7. The van der Waals surface area contributed by atoms with Gasteiger partial charge in [-0.25, -0.2) is 9.50 Å². The van der Waals surface area contributed by atoms with Gasteiger partial charge in [-0.1, -0.05) is 0 Å². The van der Waals surface area contributed by atoms with Crippen molar-refractivity contribution in [1.82, 2.24) is 24.8 Å². The summed E-state index contributed by atoms with van der Waals surface area (Å²) in [6, 6.07) is 8.77. The van der Waals surface area contributed by atoms with Crippen LogP contribution in [-0.4, -0.2) is 70.8 Å². The number of hydrogen-bond acceptors (Lipinski definition) is 7. The molecule has 2 atom stereocenters. The number of likely N-dealkylation sites (tertiary alicyclic amines) is 1. The second kappa shape index (κ2) is 7.21. The predicted molar refractivity (Wildman–Crippen MR) is 117 cm³/mol. The third kappa shape index (κ3) is 2.83. The summed E-state index contributed by atoms with van der Waals surface area (Å²) in [5.41, 5.74) is 3.00. The molecule has 9 heteroatoms. The highest BCUT2D eigenvalue weighted by Crippen LogP contribution is 2.36. The van der Waals surface area contributed by atoms with Crippen molar-refractivity contribution >= 4 is 17.2 Å². The molecule has 2 bridgehead atoms. The van der Waals surface area contributed by atoms with Gasteiger partial charge in [-0.05, 0) is 24.6 Å². The number of nitrogens with one attached hydrogen (secondary N) is 1. The quantitative estimate of drug-likeness (QED) is 0.667.